The minimum atomic E-state index is -0.872. The fraction of sp³-hybridized carbons (Fsp3) is 0.118. The molecule has 3 rings (SSSR count). The summed E-state index contributed by atoms with van der Waals surface area (Å²) in [4.78, 5) is 28.3. The van der Waals surface area contributed by atoms with Gasteiger partial charge in [0.1, 0.15) is 16.9 Å². The highest BCUT2D eigenvalue weighted by Crippen LogP contribution is 2.25. The highest BCUT2D eigenvalue weighted by Gasteiger charge is 2.32. The van der Waals surface area contributed by atoms with Gasteiger partial charge in [0.15, 0.2) is 5.17 Å². The number of halogens is 2. The monoisotopic (exact) mass is 361 g/mol. The summed E-state index contributed by atoms with van der Waals surface area (Å²) in [5, 5.41) is 4.69. The number of carbonyl (C=O) groups excluding carboxylic acids is 2. The Balaban J connectivity index is 1.62. The molecule has 128 valence electrons. The lowest BCUT2D eigenvalue weighted by Crippen LogP contribution is -2.28. The number of para-hydroxylation sites is 1. The van der Waals surface area contributed by atoms with Crippen LogP contribution in [0.1, 0.15) is 6.42 Å². The maximum Gasteiger partial charge on any atom is 0.240 e. The lowest BCUT2D eigenvalue weighted by Gasteiger charge is -2.08. The first-order valence-corrected chi connectivity index (χ1v) is 8.25. The Hall–Kier alpha value is -2.74. The molecule has 1 atom stereocenters. The van der Waals surface area contributed by atoms with Gasteiger partial charge in [-0.05, 0) is 24.3 Å². The highest BCUT2D eigenvalue weighted by atomic mass is 32.2. The molecule has 8 heteroatoms. The highest BCUT2D eigenvalue weighted by molar-refractivity contribution is 8.15. The van der Waals surface area contributed by atoms with Crippen molar-refractivity contribution in [3.05, 3.63) is 60.2 Å². The number of nitrogens with zero attached hydrogens (tertiary/aromatic N) is 1. The molecule has 0 aromatic heterocycles. The molecule has 1 heterocycles. The first-order chi connectivity index (χ1) is 12.0. The second-order valence-corrected chi connectivity index (χ2v) is 6.42. The largest absolute Gasteiger partial charge is 0.324 e. The smallest absolute Gasteiger partial charge is 0.240 e. The van der Waals surface area contributed by atoms with Gasteiger partial charge < -0.3 is 10.6 Å². The van der Waals surface area contributed by atoms with Crippen molar-refractivity contribution in [2.75, 3.05) is 5.32 Å². The molecule has 2 N–H and O–H groups in total. The number of benzene rings is 2. The molecule has 1 fully saturated rings. The van der Waals surface area contributed by atoms with Crippen molar-refractivity contribution in [2.45, 2.75) is 11.7 Å². The quantitative estimate of drug-likeness (QED) is 0.878. The van der Waals surface area contributed by atoms with Crippen LogP contribution in [0.15, 0.2) is 53.5 Å². The van der Waals surface area contributed by atoms with Crippen molar-refractivity contribution >= 4 is 40.1 Å². The zero-order valence-electron chi connectivity index (χ0n) is 12.8. The third-order valence-electron chi connectivity index (χ3n) is 3.34. The van der Waals surface area contributed by atoms with Gasteiger partial charge in [-0.3, -0.25) is 9.59 Å². The average molecular weight is 361 g/mol. The zero-order valence-corrected chi connectivity index (χ0v) is 13.6. The number of amides is 2. The summed E-state index contributed by atoms with van der Waals surface area (Å²) in [5.41, 5.74) is 0.553. The third kappa shape index (κ3) is 4.42. The number of thioether (sulfide) groups is 1. The van der Waals surface area contributed by atoms with Crippen LogP contribution < -0.4 is 10.6 Å². The van der Waals surface area contributed by atoms with E-state index in [1.54, 1.807) is 12.1 Å². The van der Waals surface area contributed by atoms with Crippen LogP contribution in [0.3, 0.4) is 0 Å². The van der Waals surface area contributed by atoms with Gasteiger partial charge in [0.2, 0.25) is 11.8 Å². The minimum absolute atomic E-state index is 0.131. The molecule has 2 aromatic rings. The summed E-state index contributed by atoms with van der Waals surface area (Å²) in [5.74, 6) is -2.49. The average Bonchev–Trinajstić information content (AvgIpc) is 2.90. The molecule has 0 bridgehead atoms. The molecule has 0 spiro atoms. The Bertz CT molecular complexity index is 843. The number of nitrogens with one attached hydrogen (secondary N) is 2. The minimum Gasteiger partial charge on any atom is -0.324 e. The Kier molecular flexibility index (Phi) is 5.08. The lowest BCUT2D eigenvalue weighted by molar-refractivity contribution is -0.122. The number of rotatable bonds is 4. The number of amidine groups is 1. The standard InChI is InChI=1S/C17H13F2N3O2S/c18-10-6-7-13(12(19)8-10)21-15(23)9-14-16(24)22-17(25-14)20-11-4-2-1-3-5-11/h1-8,14H,9H2,(H,21,23)(H,20,22,24)/t14-/m1/s1. The summed E-state index contributed by atoms with van der Waals surface area (Å²) >= 11 is 1.13. The second kappa shape index (κ2) is 7.43. The van der Waals surface area contributed by atoms with Gasteiger partial charge in [-0.2, -0.15) is 0 Å². The number of hydrogen-bond acceptors (Lipinski definition) is 4. The van der Waals surface area contributed by atoms with E-state index in [-0.39, 0.29) is 18.0 Å². The number of aliphatic imine (C=N–C) groups is 1. The number of anilines is 1. The van der Waals surface area contributed by atoms with Crippen molar-refractivity contribution in [3.8, 4) is 0 Å². The van der Waals surface area contributed by atoms with Crippen LogP contribution in [-0.2, 0) is 9.59 Å². The maximum atomic E-state index is 13.5. The van der Waals surface area contributed by atoms with Gasteiger partial charge >= 0.3 is 0 Å². The summed E-state index contributed by atoms with van der Waals surface area (Å²) < 4.78 is 26.4. The number of hydrogen-bond donors (Lipinski definition) is 2. The molecule has 5 nitrogen and oxygen atoms in total. The fourth-order valence-corrected chi connectivity index (χ4v) is 3.16. The van der Waals surface area contributed by atoms with E-state index in [1.165, 1.54) is 0 Å². The van der Waals surface area contributed by atoms with Crippen molar-refractivity contribution < 1.29 is 18.4 Å². The first kappa shape index (κ1) is 17.1. The van der Waals surface area contributed by atoms with Crippen LogP contribution in [0.5, 0.6) is 0 Å². The van der Waals surface area contributed by atoms with Crippen LogP contribution in [-0.4, -0.2) is 22.2 Å². The van der Waals surface area contributed by atoms with Crippen molar-refractivity contribution in [2.24, 2.45) is 4.99 Å². The van der Waals surface area contributed by atoms with E-state index in [0.717, 1.165) is 23.9 Å². The molecule has 0 radical (unpaired) electrons. The molecule has 1 aliphatic heterocycles. The van der Waals surface area contributed by atoms with Crippen LogP contribution in [0.2, 0.25) is 0 Å². The van der Waals surface area contributed by atoms with E-state index in [1.807, 2.05) is 18.2 Å². The second-order valence-electron chi connectivity index (χ2n) is 5.22. The van der Waals surface area contributed by atoms with Gasteiger partial charge in [0.05, 0.1) is 11.4 Å². The first-order valence-electron chi connectivity index (χ1n) is 7.37. The molecule has 1 saturated heterocycles. The normalized spacial score (nSPS) is 18.2. The Morgan fingerprint density at radius 3 is 2.68 bits per heavy atom. The number of carbonyl (C=O) groups is 2. The van der Waals surface area contributed by atoms with E-state index in [0.29, 0.717) is 16.9 Å². The predicted molar refractivity (Wildman–Crippen MR) is 92.7 cm³/mol. The fourth-order valence-electron chi connectivity index (χ4n) is 2.17. The van der Waals surface area contributed by atoms with Gasteiger partial charge in [0.25, 0.3) is 0 Å². The Morgan fingerprint density at radius 1 is 1.20 bits per heavy atom. The molecule has 1 aliphatic rings. The van der Waals surface area contributed by atoms with Gasteiger partial charge in [-0.1, -0.05) is 30.0 Å². The summed E-state index contributed by atoms with van der Waals surface area (Å²) in [6.45, 7) is 0. The van der Waals surface area contributed by atoms with E-state index in [4.69, 9.17) is 0 Å². The topological polar surface area (TPSA) is 70.6 Å². The molecule has 25 heavy (non-hydrogen) atoms. The zero-order chi connectivity index (χ0) is 17.8. The van der Waals surface area contributed by atoms with Gasteiger partial charge in [-0.25, -0.2) is 13.8 Å². The molecule has 0 unspecified atom stereocenters. The molecule has 2 aromatic carbocycles. The summed E-state index contributed by atoms with van der Waals surface area (Å²) in [7, 11) is 0. The van der Waals surface area contributed by atoms with Crippen LogP contribution in [0, 0.1) is 11.6 Å². The molecule has 0 saturated carbocycles. The van der Waals surface area contributed by atoms with Crippen LogP contribution in [0.4, 0.5) is 20.2 Å². The van der Waals surface area contributed by atoms with E-state index < -0.39 is 22.8 Å². The molecule has 2 amide bonds. The lowest BCUT2D eigenvalue weighted by atomic mass is 10.2. The molecule has 0 aliphatic carbocycles. The Labute approximate surface area is 146 Å². The predicted octanol–water partition coefficient (Wildman–Crippen LogP) is 3.21. The van der Waals surface area contributed by atoms with E-state index in [2.05, 4.69) is 15.6 Å². The van der Waals surface area contributed by atoms with Gasteiger partial charge in [-0.15, -0.1) is 0 Å². The SMILES string of the molecule is O=C(C[C@H]1SC(=Nc2ccccc2)NC1=O)Nc1ccc(F)cc1F. The molecular weight excluding hydrogens is 348 g/mol. The van der Waals surface area contributed by atoms with Crippen molar-refractivity contribution in [1.29, 1.82) is 0 Å². The van der Waals surface area contributed by atoms with E-state index in [9.17, 15) is 18.4 Å². The molecular formula is C17H13F2N3O2S. The van der Waals surface area contributed by atoms with Crippen molar-refractivity contribution in [3.63, 3.8) is 0 Å². The van der Waals surface area contributed by atoms with Gasteiger partial charge in [0, 0.05) is 12.5 Å². The summed E-state index contributed by atoms with van der Waals surface area (Å²) in [6.07, 6.45) is -0.152. The Morgan fingerprint density at radius 2 is 1.96 bits per heavy atom. The third-order valence-corrected chi connectivity index (χ3v) is 4.42. The van der Waals surface area contributed by atoms with Crippen LogP contribution >= 0.6 is 11.8 Å². The maximum absolute atomic E-state index is 13.5. The summed E-state index contributed by atoms with van der Waals surface area (Å²) in [6, 6.07) is 11.9. The van der Waals surface area contributed by atoms with E-state index >= 15 is 0 Å². The van der Waals surface area contributed by atoms with Crippen LogP contribution in [0.25, 0.3) is 0 Å². The van der Waals surface area contributed by atoms with Crippen molar-refractivity contribution in [1.82, 2.24) is 5.32 Å².